The molecule has 1 atom stereocenters. The first kappa shape index (κ1) is 11.5. The molecule has 0 saturated heterocycles. The van der Waals surface area contributed by atoms with Gasteiger partial charge in [-0.2, -0.15) is 0 Å². The van der Waals surface area contributed by atoms with Crippen LogP contribution in [0.25, 0.3) is 0 Å². The Bertz CT molecular complexity index is 371. The number of aromatic nitrogens is 2. The van der Waals surface area contributed by atoms with Gasteiger partial charge in [-0.3, -0.25) is 4.79 Å². The highest BCUT2D eigenvalue weighted by molar-refractivity contribution is 6.30. The average Bonchev–Trinajstić information content (AvgIpc) is 2.99. The standard InChI is InChI=1S/C11H16ClN3O/c1-8(12)11(16)14-5-7-15-6-4-13-10(15)9-2-3-9/h4,6,8-9H,2-3,5,7H2,1H3,(H,14,16). The topological polar surface area (TPSA) is 46.9 Å². The Morgan fingerprint density at radius 2 is 2.50 bits per heavy atom. The van der Waals surface area contributed by atoms with Gasteiger partial charge in [0.1, 0.15) is 11.2 Å². The first-order valence-corrected chi connectivity index (χ1v) is 6.05. The molecule has 1 aromatic rings. The first-order chi connectivity index (χ1) is 7.68. The third-order valence-electron chi connectivity index (χ3n) is 2.70. The highest BCUT2D eigenvalue weighted by Crippen LogP contribution is 2.38. The van der Waals surface area contributed by atoms with Gasteiger partial charge in [0.15, 0.2) is 0 Å². The summed E-state index contributed by atoms with van der Waals surface area (Å²) in [6, 6.07) is 0. The molecular weight excluding hydrogens is 226 g/mol. The maximum Gasteiger partial charge on any atom is 0.237 e. The maximum absolute atomic E-state index is 11.2. The molecule has 0 spiro atoms. The molecular formula is C11H16ClN3O. The van der Waals surface area contributed by atoms with E-state index in [0.29, 0.717) is 12.5 Å². The number of hydrogen-bond acceptors (Lipinski definition) is 2. The van der Waals surface area contributed by atoms with Crippen molar-refractivity contribution in [1.82, 2.24) is 14.9 Å². The second kappa shape index (κ2) is 4.87. The Kier molecular flexibility index (Phi) is 3.49. The molecule has 1 fully saturated rings. The van der Waals surface area contributed by atoms with Crippen LogP contribution >= 0.6 is 11.6 Å². The Morgan fingerprint density at radius 3 is 3.12 bits per heavy atom. The van der Waals surface area contributed by atoms with Crippen LogP contribution < -0.4 is 5.32 Å². The summed E-state index contributed by atoms with van der Waals surface area (Å²) in [7, 11) is 0. The van der Waals surface area contributed by atoms with Gasteiger partial charge in [0.2, 0.25) is 5.91 Å². The zero-order valence-corrected chi connectivity index (χ0v) is 10.1. The number of halogens is 1. The fourth-order valence-electron chi connectivity index (χ4n) is 1.65. The van der Waals surface area contributed by atoms with Crippen molar-refractivity contribution in [3.8, 4) is 0 Å². The number of hydrogen-bond donors (Lipinski definition) is 1. The second-order valence-corrected chi connectivity index (χ2v) is 4.81. The van der Waals surface area contributed by atoms with Crippen molar-refractivity contribution >= 4 is 17.5 Å². The van der Waals surface area contributed by atoms with Gasteiger partial charge in [-0.1, -0.05) is 0 Å². The molecule has 1 saturated carbocycles. The Balaban J connectivity index is 1.80. The lowest BCUT2D eigenvalue weighted by Crippen LogP contribution is -2.32. The second-order valence-electron chi connectivity index (χ2n) is 4.16. The van der Waals surface area contributed by atoms with Crippen LogP contribution in [-0.2, 0) is 11.3 Å². The van der Waals surface area contributed by atoms with Crippen LogP contribution in [0, 0.1) is 0 Å². The van der Waals surface area contributed by atoms with E-state index in [-0.39, 0.29) is 5.91 Å². The smallest absolute Gasteiger partial charge is 0.237 e. The number of imidazole rings is 1. The largest absolute Gasteiger partial charge is 0.353 e. The van der Waals surface area contributed by atoms with E-state index in [9.17, 15) is 4.79 Å². The van der Waals surface area contributed by atoms with E-state index in [1.54, 1.807) is 6.92 Å². The molecule has 1 heterocycles. The van der Waals surface area contributed by atoms with Crippen LogP contribution in [0.4, 0.5) is 0 Å². The lowest BCUT2D eigenvalue weighted by atomic mass is 10.4. The number of amides is 1. The Hall–Kier alpha value is -1.03. The summed E-state index contributed by atoms with van der Waals surface area (Å²) in [5, 5.41) is 2.32. The van der Waals surface area contributed by atoms with Crippen molar-refractivity contribution in [2.24, 2.45) is 0 Å². The zero-order chi connectivity index (χ0) is 11.5. The number of nitrogens with one attached hydrogen (secondary N) is 1. The summed E-state index contributed by atoms with van der Waals surface area (Å²) in [4.78, 5) is 15.6. The molecule has 1 unspecified atom stereocenters. The van der Waals surface area contributed by atoms with Gasteiger partial charge in [-0.15, -0.1) is 11.6 Å². The molecule has 2 rings (SSSR count). The van der Waals surface area contributed by atoms with E-state index in [2.05, 4.69) is 14.9 Å². The third kappa shape index (κ3) is 2.76. The van der Waals surface area contributed by atoms with E-state index >= 15 is 0 Å². The Labute approximate surface area is 100.0 Å². The molecule has 1 aliphatic carbocycles. The third-order valence-corrected chi connectivity index (χ3v) is 2.90. The minimum absolute atomic E-state index is 0.116. The number of carbonyl (C=O) groups is 1. The molecule has 0 aliphatic heterocycles. The maximum atomic E-state index is 11.2. The summed E-state index contributed by atoms with van der Waals surface area (Å²) in [6.07, 6.45) is 6.26. The Morgan fingerprint density at radius 1 is 1.75 bits per heavy atom. The SMILES string of the molecule is CC(Cl)C(=O)NCCn1ccnc1C1CC1. The average molecular weight is 242 g/mol. The van der Waals surface area contributed by atoms with E-state index in [4.69, 9.17) is 11.6 Å². The van der Waals surface area contributed by atoms with Crippen molar-refractivity contribution in [3.63, 3.8) is 0 Å². The molecule has 0 aromatic carbocycles. The molecule has 88 valence electrons. The molecule has 4 nitrogen and oxygen atoms in total. The summed E-state index contributed by atoms with van der Waals surface area (Å²) in [6.45, 7) is 3.04. The first-order valence-electron chi connectivity index (χ1n) is 5.61. The highest BCUT2D eigenvalue weighted by atomic mass is 35.5. The van der Waals surface area contributed by atoms with Gasteiger partial charge in [0.25, 0.3) is 0 Å². The number of alkyl halides is 1. The quantitative estimate of drug-likeness (QED) is 0.795. The lowest BCUT2D eigenvalue weighted by molar-refractivity contribution is -0.120. The zero-order valence-electron chi connectivity index (χ0n) is 9.32. The van der Waals surface area contributed by atoms with Crippen LogP contribution in [0.15, 0.2) is 12.4 Å². The minimum Gasteiger partial charge on any atom is -0.353 e. The van der Waals surface area contributed by atoms with Crippen LogP contribution in [0.3, 0.4) is 0 Å². The van der Waals surface area contributed by atoms with Crippen LogP contribution in [0.2, 0.25) is 0 Å². The van der Waals surface area contributed by atoms with Crippen molar-refractivity contribution < 1.29 is 4.79 Å². The predicted molar refractivity (Wildman–Crippen MR) is 62.5 cm³/mol. The summed E-state index contributed by atoms with van der Waals surface area (Å²) in [5.41, 5.74) is 0. The summed E-state index contributed by atoms with van der Waals surface area (Å²) >= 11 is 5.65. The van der Waals surface area contributed by atoms with Gasteiger partial charge in [0, 0.05) is 31.4 Å². The molecule has 1 aliphatic rings. The van der Waals surface area contributed by atoms with Gasteiger partial charge in [0.05, 0.1) is 0 Å². The van der Waals surface area contributed by atoms with Crippen LogP contribution in [0.5, 0.6) is 0 Å². The fraction of sp³-hybridized carbons (Fsp3) is 0.636. The predicted octanol–water partition coefficient (Wildman–Crippen LogP) is 1.50. The normalized spacial score (nSPS) is 17.1. The van der Waals surface area contributed by atoms with E-state index in [1.807, 2.05) is 12.4 Å². The lowest BCUT2D eigenvalue weighted by Gasteiger charge is -2.09. The molecule has 0 radical (unpaired) electrons. The molecule has 0 bridgehead atoms. The van der Waals surface area contributed by atoms with E-state index in [1.165, 1.54) is 12.8 Å². The molecule has 1 amide bonds. The number of carbonyl (C=O) groups excluding carboxylic acids is 1. The molecule has 5 heteroatoms. The van der Waals surface area contributed by atoms with E-state index < -0.39 is 5.38 Å². The van der Waals surface area contributed by atoms with Gasteiger partial charge in [-0.25, -0.2) is 4.98 Å². The van der Waals surface area contributed by atoms with Gasteiger partial charge >= 0.3 is 0 Å². The minimum atomic E-state index is -0.467. The fourth-order valence-corrected chi connectivity index (χ4v) is 1.73. The van der Waals surface area contributed by atoms with Crippen molar-refractivity contribution in [2.45, 2.75) is 37.6 Å². The van der Waals surface area contributed by atoms with Gasteiger partial charge < -0.3 is 9.88 Å². The van der Waals surface area contributed by atoms with Crippen molar-refractivity contribution in [2.75, 3.05) is 6.54 Å². The van der Waals surface area contributed by atoms with E-state index in [0.717, 1.165) is 12.4 Å². The monoisotopic (exact) mass is 241 g/mol. The summed E-state index contributed by atoms with van der Waals surface area (Å²) in [5.74, 6) is 1.67. The van der Waals surface area contributed by atoms with Crippen molar-refractivity contribution in [3.05, 3.63) is 18.2 Å². The number of rotatable bonds is 5. The molecule has 1 N–H and O–H groups in total. The van der Waals surface area contributed by atoms with Crippen molar-refractivity contribution in [1.29, 1.82) is 0 Å². The number of nitrogens with zero attached hydrogens (tertiary/aromatic N) is 2. The van der Waals surface area contributed by atoms with Crippen LogP contribution in [-0.4, -0.2) is 27.4 Å². The highest BCUT2D eigenvalue weighted by Gasteiger charge is 2.27. The molecule has 1 aromatic heterocycles. The van der Waals surface area contributed by atoms with Crippen LogP contribution in [0.1, 0.15) is 31.5 Å². The van der Waals surface area contributed by atoms with Gasteiger partial charge in [-0.05, 0) is 19.8 Å². The summed E-state index contributed by atoms with van der Waals surface area (Å²) < 4.78 is 2.11. The molecule has 16 heavy (non-hydrogen) atoms.